The highest BCUT2D eigenvalue weighted by Gasteiger charge is 2.09. The van der Waals surface area contributed by atoms with Gasteiger partial charge < -0.3 is 4.74 Å². The van der Waals surface area contributed by atoms with Crippen LogP contribution in [0, 0.1) is 6.92 Å². The van der Waals surface area contributed by atoms with Gasteiger partial charge in [-0.1, -0.05) is 11.6 Å². The second kappa shape index (κ2) is 4.73. The SMILES string of the molecule is COc1ccc(-c2nc(C)c(Br)s2)cc1Cl. The van der Waals surface area contributed by atoms with Crippen LogP contribution in [0.5, 0.6) is 5.75 Å². The van der Waals surface area contributed by atoms with Gasteiger partial charge in [-0.15, -0.1) is 11.3 Å². The van der Waals surface area contributed by atoms with Gasteiger partial charge in [0.1, 0.15) is 10.8 Å². The molecule has 0 aliphatic heterocycles. The smallest absolute Gasteiger partial charge is 0.137 e. The Balaban J connectivity index is 2.45. The van der Waals surface area contributed by atoms with Gasteiger partial charge in [-0.2, -0.15) is 0 Å². The lowest BCUT2D eigenvalue weighted by Crippen LogP contribution is -1.84. The van der Waals surface area contributed by atoms with Crippen molar-refractivity contribution in [2.75, 3.05) is 7.11 Å². The first kappa shape index (κ1) is 11.9. The summed E-state index contributed by atoms with van der Waals surface area (Å²) in [6, 6.07) is 5.67. The van der Waals surface area contributed by atoms with Gasteiger partial charge in [0.15, 0.2) is 0 Å². The lowest BCUT2D eigenvalue weighted by atomic mass is 10.2. The highest BCUT2D eigenvalue weighted by atomic mass is 79.9. The summed E-state index contributed by atoms with van der Waals surface area (Å²) < 4.78 is 6.16. The van der Waals surface area contributed by atoms with E-state index >= 15 is 0 Å². The lowest BCUT2D eigenvalue weighted by molar-refractivity contribution is 0.415. The first-order valence-electron chi connectivity index (χ1n) is 4.58. The van der Waals surface area contributed by atoms with E-state index < -0.39 is 0 Å². The van der Waals surface area contributed by atoms with Crippen molar-refractivity contribution >= 4 is 38.9 Å². The van der Waals surface area contributed by atoms with Gasteiger partial charge in [0.2, 0.25) is 0 Å². The number of thiazole rings is 1. The van der Waals surface area contributed by atoms with Gasteiger partial charge in [0, 0.05) is 5.56 Å². The third-order valence-corrected chi connectivity index (χ3v) is 4.49. The molecular formula is C11H9BrClNOS. The second-order valence-electron chi connectivity index (χ2n) is 3.23. The molecule has 0 unspecified atom stereocenters. The molecule has 0 saturated carbocycles. The highest BCUT2D eigenvalue weighted by Crippen LogP contribution is 2.35. The second-order valence-corrected chi connectivity index (χ2v) is 5.95. The maximum Gasteiger partial charge on any atom is 0.137 e. The number of aryl methyl sites for hydroxylation is 1. The molecule has 2 aromatic rings. The molecule has 2 nitrogen and oxygen atoms in total. The molecule has 84 valence electrons. The van der Waals surface area contributed by atoms with E-state index in [1.54, 1.807) is 18.4 Å². The van der Waals surface area contributed by atoms with Gasteiger partial charge in [0.05, 0.1) is 21.6 Å². The van der Waals surface area contributed by atoms with Crippen LogP contribution < -0.4 is 4.74 Å². The summed E-state index contributed by atoms with van der Waals surface area (Å²) in [5.41, 5.74) is 2.00. The summed E-state index contributed by atoms with van der Waals surface area (Å²) in [5.74, 6) is 0.678. The fraction of sp³-hybridized carbons (Fsp3) is 0.182. The average molecular weight is 319 g/mol. The van der Waals surface area contributed by atoms with E-state index in [0.29, 0.717) is 10.8 Å². The molecule has 1 heterocycles. The molecule has 0 amide bonds. The molecule has 0 atom stereocenters. The number of ether oxygens (including phenoxy) is 1. The molecule has 0 N–H and O–H groups in total. The molecule has 0 bridgehead atoms. The molecule has 0 aliphatic rings. The molecule has 0 aliphatic carbocycles. The first-order valence-corrected chi connectivity index (χ1v) is 6.57. The van der Waals surface area contributed by atoms with Crippen LogP contribution in [0.25, 0.3) is 10.6 Å². The first-order chi connectivity index (χ1) is 7.61. The van der Waals surface area contributed by atoms with E-state index in [4.69, 9.17) is 16.3 Å². The van der Waals surface area contributed by atoms with E-state index in [9.17, 15) is 0 Å². The fourth-order valence-electron chi connectivity index (χ4n) is 1.30. The zero-order valence-electron chi connectivity index (χ0n) is 8.75. The number of hydrogen-bond donors (Lipinski definition) is 0. The summed E-state index contributed by atoms with van der Waals surface area (Å²) in [6.45, 7) is 1.97. The molecule has 0 spiro atoms. The number of nitrogens with zero attached hydrogens (tertiary/aromatic N) is 1. The largest absolute Gasteiger partial charge is 0.495 e. The Morgan fingerprint density at radius 2 is 2.19 bits per heavy atom. The van der Waals surface area contributed by atoms with Gasteiger partial charge in [-0.25, -0.2) is 4.98 Å². The molecule has 0 fully saturated rings. The number of halogens is 2. The topological polar surface area (TPSA) is 22.1 Å². The molecule has 0 saturated heterocycles. The molecule has 1 aromatic heterocycles. The number of hydrogen-bond acceptors (Lipinski definition) is 3. The lowest BCUT2D eigenvalue weighted by Gasteiger charge is -2.03. The quantitative estimate of drug-likeness (QED) is 0.811. The zero-order chi connectivity index (χ0) is 11.7. The van der Waals surface area contributed by atoms with Crippen molar-refractivity contribution < 1.29 is 4.74 Å². The van der Waals surface area contributed by atoms with E-state index in [0.717, 1.165) is 20.1 Å². The minimum atomic E-state index is 0.601. The van der Waals surface area contributed by atoms with Gasteiger partial charge >= 0.3 is 0 Å². The van der Waals surface area contributed by atoms with Crippen LogP contribution in [0.3, 0.4) is 0 Å². The van der Waals surface area contributed by atoms with E-state index in [1.807, 2.05) is 25.1 Å². The maximum atomic E-state index is 6.07. The standard InChI is InChI=1S/C11H9BrClNOS/c1-6-10(12)16-11(14-6)7-3-4-9(15-2)8(13)5-7/h3-5H,1-2H3. The van der Waals surface area contributed by atoms with E-state index in [-0.39, 0.29) is 0 Å². The molecule has 2 rings (SSSR count). The van der Waals surface area contributed by atoms with Crippen LogP contribution >= 0.6 is 38.9 Å². The number of rotatable bonds is 2. The monoisotopic (exact) mass is 317 g/mol. The van der Waals surface area contributed by atoms with Crippen LogP contribution in [0.4, 0.5) is 0 Å². The van der Waals surface area contributed by atoms with Crippen molar-refractivity contribution in [3.63, 3.8) is 0 Å². The van der Waals surface area contributed by atoms with Gasteiger partial charge in [0.25, 0.3) is 0 Å². The summed E-state index contributed by atoms with van der Waals surface area (Å²) >= 11 is 11.1. The van der Waals surface area contributed by atoms with Crippen LogP contribution in [-0.2, 0) is 0 Å². The van der Waals surface area contributed by atoms with Crippen LogP contribution in [0.2, 0.25) is 5.02 Å². The van der Waals surface area contributed by atoms with Crippen molar-refractivity contribution in [3.05, 3.63) is 32.7 Å². The summed E-state index contributed by atoms with van der Waals surface area (Å²) in [4.78, 5) is 4.45. The Morgan fingerprint density at radius 1 is 1.44 bits per heavy atom. The minimum absolute atomic E-state index is 0.601. The molecule has 0 radical (unpaired) electrons. The maximum absolute atomic E-state index is 6.07. The number of aromatic nitrogens is 1. The molecule has 5 heteroatoms. The highest BCUT2D eigenvalue weighted by molar-refractivity contribution is 9.11. The van der Waals surface area contributed by atoms with Crippen molar-refractivity contribution in [2.24, 2.45) is 0 Å². The number of benzene rings is 1. The van der Waals surface area contributed by atoms with Gasteiger partial charge in [-0.05, 0) is 41.1 Å². The predicted molar refractivity (Wildman–Crippen MR) is 71.5 cm³/mol. The Kier molecular flexibility index (Phi) is 3.52. The average Bonchev–Trinajstić information content (AvgIpc) is 2.59. The Morgan fingerprint density at radius 3 is 2.69 bits per heavy atom. The van der Waals surface area contributed by atoms with Crippen LogP contribution in [-0.4, -0.2) is 12.1 Å². The van der Waals surface area contributed by atoms with Crippen molar-refractivity contribution in [1.82, 2.24) is 4.98 Å². The fourth-order valence-corrected chi connectivity index (χ4v) is 2.90. The van der Waals surface area contributed by atoms with Crippen molar-refractivity contribution in [1.29, 1.82) is 0 Å². The molecule has 1 aromatic carbocycles. The zero-order valence-corrected chi connectivity index (χ0v) is 11.9. The van der Waals surface area contributed by atoms with Crippen molar-refractivity contribution in [3.8, 4) is 16.3 Å². The normalized spacial score (nSPS) is 10.5. The third-order valence-electron chi connectivity index (χ3n) is 2.14. The van der Waals surface area contributed by atoms with Crippen LogP contribution in [0.1, 0.15) is 5.69 Å². The Hall–Kier alpha value is -0.580. The molecular weight excluding hydrogens is 310 g/mol. The van der Waals surface area contributed by atoms with Gasteiger partial charge in [-0.3, -0.25) is 0 Å². The van der Waals surface area contributed by atoms with E-state index in [1.165, 1.54) is 0 Å². The Bertz CT molecular complexity index is 507. The minimum Gasteiger partial charge on any atom is -0.495 e. The summed E-state index contributed by atoms with van der Waals surface area (Å²) in [5, 5.41) is 1.55. The number of methoxy groups -OCH3 is 1. The van der Waals surface area contributed by atoms with Crippen LogP contribution in [0.15, 0.2) is 22.0 Å². The third kappa shape index (κ3) is 2.24. The predicted octanol–water partition coefficient (Wildman–Crippen LogP) is 4.54. The Labute approximate surface area is 111 Å². The summed E-state index contributed by atoms with van der Waals surface area (Å²) in [6.07, 6.45) is 0. The molecule has 16 heavy (non-hydrogen) atoms. The van der Waals surface area contributed by atoms with E-state index in [2.05, 4.69) is 20.9 Å². The van der Waals surface area contributed by atoms with Crippen molar-refractivity contribution in [2.45, 2.75) is 6.92 Å². The summed E-state index contributed by atoms with van der Waals surface area (Å²) in [7, 11) is 1.60.